The molecule has 0 saturated carbocycles. The molecule has 5 rings (SSSR count). The zero-order chi connectivity index (χ0) is 45.4. The molecule has 0 radical (unpaired) electrons. The molecule has 1 aromatic rings. The zero-order valence-electron chi connectivity index (χ0n) is 36.9. The first-order valence-electron chi connectivity index (χ1n) is 22.2. The number of nitrogens with one attached hydrogen (secondary N) is 8. The molecule has 1 aromatic carbocycles. The predicted octanol–water partition coefficient (Wildman–Crippen LogP) is 4.32. The molecule has 4 aliphatic heterocycles. The number of carbonyl (C=O) groups excluding carboxylic acids is 5. The summed E-state index contributed by atoms with van der Waals surface area (Å²) in [6.45, 7) is 6.33. The van der Waals surface area contributed by atoms with Crippen molar-refractivity contribution < 1.29 is 38.6 Å². The summed E-state index contributed by atoms with van der Waals surface area (Å²) in [7, 11) is 1.78. The fraction of sp³-hybridized carbons (Fsp3) is 0.674. The lowest BCUT2D eigenvalue weighted by molar-refractivity contribution is -0.122. The molecule has 348 valence electrons. The maximum absolute atomic E-state index is 12.7. The first-order valence-corrected chi connectivity index (χ1v) is 24.3. The minimum absolute atomic E-state index is 0.00531. The van der Waals surface area contributed by atoms with Crippen LogP contribution in [0, 0.1) is 0 Å². The van der Waals surface area contributed by atoms with E-state index >= 15 is 0 Å². The van der Waals surface area contributed by atoms with E-state index in [1.54, 1.807) is 7.05 Å². The van der Waals surface area contributed by atoms with Crippen molar-refractivity contribution in [2.45, 2.75) is 151 Å². The van der Waals surface area contributed by atoms with Crippen LogP contribution in [0.15, 0.2) is 28.2 Å². The Balaban J connectivity index is 0.884. The molecule has 6 atom stereocenters. The molecule has 5 amide bonds. The predicted molar refractivity (Wildman–Crippen MR) is 249 cm³/mol. The summed E-state index contributed by atoms with van der Waals surface area (Å²) in [6.07, 6.45) is 8.36. The van der Waals surface area contributed by atoms with Crippen LogP contribution in [0.4, 0.5) is 16.2 Å². The number of hydrogen-bond donors (Lipinski definition) is 9. The molecule has 6 unspecified atom stereocenters. The number of guanidine groups is 2. The molecular formula is C43H66N10O8S2. The third-order valence-electron chi connectivity index (χ3n) is 11.0. The van der Waals surface area contributed by atoms with Gasteiger partial charge in [0.1, 0.15) is 5.60 Å². The number of rotatable bonds is 23. The average molecular weight is 915 g/mol. The van der Waals surface area contributed by atoms with Gasteiger partial charge in [-0.25, -0.2) is 14.6 Å². The standard InChI is InChI=1S/C43H66N10O8S2/c1-43(2,3)61-42(60)53-41-50-30-25-63-32(38(30)52-41)14-6-8-16-34(55)46-20-12-10-18-36(57)48-28-22-26(39(58)59)21-27(23-28)47-35(56)17-9-11-19-45-33(54)15-7-5-13-31-37-29(24-62-31)49-40(44-4)51-37/h21-23,29-32,37-38H,5-20,24-25H2,1-4H3,(H,45,54)(H,46,55)(H,47,56)(H,48,57)(H,58,59)(H2,44,49,51)(H2,50,52,53,60). The van der Waals surface area contributed by atoms with Gasteiger partial charge in [0, 0.05) is 79.2 Å². The highest BCUT2D eigenvalue weighted by Gasteiger charge is 2.42. The number of carbonyl (C=O) groups is 6. The molecule has 4 aliphatic rings. The van der Waals surface area contributed by atoms with Gasteiger partial charge in [0.2, 0.25) is 29.6 Å². The number of aliphatic imine (C=N–C) groups is 2. The third kappa shape index (κ3) is 16.7. The topological polar surface area (TPSA) is 253 Å². The van der Waals surface area contributed by atoms with Crippen molar-refractivity contribution in [3.8, 4) is 0 Å². The molecule has 4 heterocycles. The summed E-state index contributed by atoms with van der Waals surface area (Å²) >= 11 is 3.83. The summed E-state index contributed by atoms with van der Waals surface area (Å²) in [6, 6.07) is 5.24. The van der Waals surface area contributed by atoms with Crippen LogP contribution in [0.1, 0.15) is 121 Å². The fourth-order valence-corrected chi connectivity index (χ4v) is 11.0. The Morgan fingerprint density at radius 2 is 1.25 bits per heavy atom. The molecule has 0 bridgehead atoms. The van der Waals surface area contributed by atoms with E-state index in [4.69, 9.17) is 4.74 Å². The fourth-order valence-electron chi connectivity index (χ4n) is 7.91. The molecule has 0 spiro atoms. The molecule has 3 saturated heterocycles. The Morgan fingerprint density at radius 3 is 1.83 bits per heavy atom. The Kier molecular flexibility index (Phi) is 19.1. The zero-order valence-corrected chi connectivity index (χ0v) is 38.6. The molecule has 0 aromatic heterocycles. The molecule has 0 aliphatic carbocycles. The first kappa shape index (κ1) is 49.3. The Bertz CT molecular complexity index is 1840. The van der Waals surface area contributed by atoms with Crippen LogP contribution in [-0.4, -0.2) is 125 Å². The number of anilines is 2. The van der Waals surface area contributed by atoms with Gasteiger partial charge < -0.3 is 47.1 Å². The molecule has 3 fully saturated rings. The molecule has 63 heavy (non-hydrogen) atoms. The van der Waals surface area contributed by atoms with E-state index in [1.165, 1.54) is 18.2 Å². The lowest BCUT2D eigenvalue weighted by Crippen LogP contribution is -2.44. The van der Waals surface area contributed by atoms with Gasteiger partial charge in [-0.2, -0.15) is 23.5 Å². The minimum atomic E-state index is -1.20. The summed E-state index contributed by atoms with van der Waals surface area (Å²) in [5.41, 5.74) is -0.161. The van der Waals surface area contributed by atoms with Gasteiger partial charge in [0.15, 0.2) is 5.96 Å². The van der Waals surface area contributed by atoms with Crippen molar-refractivity contribution in [2.75, 3.05) is 42.3 Å². The van der Waals surface area contributed by atoms with Crippen LogP contribution >= 0.6 is 23.5 Å². The summed E-state index contributed by atoms with van der Waals surface area (Å²) in [5, 5.41) is 34.6. The minimum Gasteiger partial charge on any atom is -0.478 e. The number of ether oxygens (including phenoxy) is 1. The van der Waals surface area contributed by atoms with Crippen molar-refractivity contribution >= 4 is 82.5 Å². The van der Waals surface area contributed by atoms with Crippen LogP contribution < -0.4 is 42.5 Å². The van der Waals surface area contributed by atoms with Gasteiger partial charge in [-0.3, -0.25) is 29.5 Å². The van der Waals surface area contributed by atoms with Gasteiger partial charge in [-0.15, -0.1) is 0 Å². The van der Waals surface area contributed by atoms with E-state index in [9.17, 15) is 33.9 Å². The number of amides is 5. The lowest BCUT2D eigenvalue weighted by Gasteiger charge is -2.19. The van der Waals surface area contributed by atoms with E-state index in [2.05, 4.69) is 52.5 Å². The van der Waals surface area contributed by atoms with Crippen molar-refractivity contribution in [3.05, 3.63) is 23.8 Å². The smallest absolute Gasteiger partial charge is 0.414 e. The second-order valence-electron chi connectivity index (χ2n) is 17.4. The van der Waals surface area contributed by atoms with Gasteiger partial charge in [0.25, 0.3) is 0 Å². The lowest BCUT2D eigenvalue weighted by atomic mass is 10.0. The third-order valence-corrected chi connectivity index (χ3v) is 14.0. The number of alkyl carbamates (subject to hydrolysis) is 1. The van der Waals surface area contributed by atoms with E-state index in [0.717, 1.165) is 56.0 Å². The van der Waals surface area contributed by atoms with Crippen LogP contribution in [-0.2, 0) is 23.9 Å². The Labute approximate surface area is 378 Å². The van der Waals surface area contributed by atoms with Crippen LogP contribution in [0.2, 0.25) is 0 Å². The van der Waals surface area contributed by atoms with Crippen molar-refractivity contribution in [3.63, 3.8) is 0 Å². The summed E-state index contributed by atoms with van der Waals surface area (Å²) in [4.78, 5) is 83.0. The second kappa shape index (κ2) is 24.4. The highest BCUT2D eigenvalue weighted by molar-refractivity contribution is 8.00. The van der Waals surface area contributed by atoms with Crippen molar-refractivity contribution in [1.29, 1.82) is 0 Å². The number of benzene rings is 1. The largest absolute Gasteiger partial charge is 0.478 e. The highest BCUT2D eigenvalue weighted by atomic mass is 32.2. The molecule has 20 heteroatoms. The average Bonchev–Trinajstić information content (AvgIpc) is 3.99. The van der Waals surface area contributed by atoms with E-state index < -0.39 is 17.7 Å². The quantitative estimate of drug-likeness (QED) is 0.0695. The second-order valence-corrected chi connectivity index (χ2v) is 19.9. The SMILES string of the molecule is CN=C1NC2CSC(CCCCC(=O)NCCCCC(=O)Nc3cc(NC(=O)CCCCNC(=O)CCCCC4SCC5NC(NC(=O)OC(C)(C)C)=NC54)cc(C(=O)O)c3)C2N1. The maximum atomic E-state index is 12.7. The number of thioether (sulfide) groups is 2. The number of unbranched alkanes of at least 4 members (excludes halogenated alkanes) is 4. The number of fused-ring (bicyclic) bond motifs is 2. The van der Waals surface area contributed by atoms with Crippen LogP contribution in [0.3, 0.4) is 0 Å². The van der Waals surface area contributed by atoms with Crippen molar-refractivity contribution in [1.82, 2.24) is 31.9 Å². The van der Waals surface area contributed by atoms with E-state index in [-0.39, 0.29) is 65.5 Å². The number of aromatic carboxylic acids is 1. The van der Waals surface area contributed by atoms with Crippen molar-refractivity contribution in [2.24, 2.45) is 9.98 Å². The molecule has 9 N–H and O–H groups in total. The van der Waals surface area contributed by atoms with Crippen LogP contribution in [0.5, 0.6) is 0 Å². The first-order chi connectivity index (χ1) is 30.1. The highest BCUT2D eigenvalue weighted by Crippen LogP contribution is 2.36. The van der Waals surface area contributed by atoms with E-state index in [1.807, 2.05) is 44.3 Å². The molecular weight excluding hydrogens is 849 g/mol. The molecule has 18 nitrogen and oxygen atoms in total. The number of hydrogen-bond acceptors (Lipinski definition) is 12. The number of carboxylic acid groups (broad SMARTS) is 1. The number of nitrogens with zero attached hydrogens (tertiary/aromatic N) is 2. The maximum Gasteiger partial charge on any atom is 0.414 e. The van der Waals surface area contributed by atoms with Gasteiger partial charge in [-0.05, 0) is 90.3 Å². The van der Waals surface area contributed by atoms with Gasteiger partial charge in [0.05, 0.1) is 29.7 Å². The number of carboxylic acids is 1. The Hall–Kier alpha value is -4.72. The normalized spacial score (nSPS) is 22.7. The van der Waals surface area contributed by atoms with Gasteiger partial charge >= 0.3 is 12.1 Å². The van der Waals surface area contributed by atoms with Crippen LogP contribution in [0.25, 0.3) is 0 Å². The monoisotopic (exact) mass is 914 g/mol. The van der Waals surface area contributed by atoms with E-state index in [0.29, 0.717) is 80.2 Å². The van der Waals surface area contributed by atoms with Gasteiger partial charge in [-0.1, -0.05) is 12.8 Å². The Morgan fingerprint density at radius 1 is 0.714 bits per heavy atom. The summed E-state index contributed by atoms with van der Waals surface area (Å²) < 4.78 is 5.32. The summed E-state index contributed by atoms with van der Waals surface area (Å²) in [5.74, 6) is 1.42.